The molecule has 1 aliphatic rings. The smallest absolute Gasteiger partial charge is 0.106 e. The number of hydrogen-bond donors (Lipinski definition) is 1. The van der Waals surface area contributed by atoms with Crippen molar-refractivity contribution in [3.05, 3.63) is 35.9 Å². The molecule has 1 nitrogen and oxygen atoms in total. The van der Waals surface area contributed by atoms with E-state index in [1.165, 1.54) is 0 Å². The van der Waals surface area contributed by atoms with Crippen molar-refractivity contribution in [1.82, 2.24) is 0 Å². The SMILES string of the molecule is CC1(Br)CC1(O)c1ccccc1. The van der Waals surface area contributed by atoms with Crippen molar-refractivity contribution < 1.29 is 5.11 Å². The van der Waals surface area contributed by atoms with Gasteiger partial charge in [-0.05, 0) is 18.9 Å². The van der Waals surface area contributed by atoms with Gasteiger partial charge in [0.1, 0.15) is 5.60 Å². The Morgan fingerprint density at radius 1 is 1.33 bits per heavy atom. The zero-order valence-electron chi connectivity index (χ0n) is 6.92. The Hall–Kier alpha value is -0.340. The average molecular weight is 227 g/mol. The minimum atomic E-state index is -0.645. The summed E-state index contributed by atoms with van der Waals surface area (Å²) in [6.07, 6.45) is 0.796. The highest BCUT2D eigenvalue weighted by molar-refractivity contribution is 9.10. The zero-order chi connectivity index (χ0) is 8.82. The lowest BCUT2D eigenvalue weighted by Crippen LogP contribution is -2.14. The molecule has 0 aliphatic heterocycles. The molecule has 2 atom stereocenters. The third-order valence-electron chi connectivity index (χ3n) is 2.58. The van der Waals surface area contributed by atoms with Gasteiger partial charge in [0.2, 0.25) is 0 Å². The van der Waals surface area contributed by atoms with Crippen LogP contribution in [0.2, 0.25) is 0 Å². The molecule has 1 N–H and O–H groups in total. The van der Waals surface area contributed by atoms with Crippen LogP contribution in [-0.2, 0) is 5.60 Å². The Balaban J connectivity index is 2.35. The third kappa shape index (κ3) is 1.02. The normalized spacial score (nSPS) is 39.6. The lowest BCUT2D eigenvalue weighted by Gasteiger charge is -2.12. The molecule has 2 heteroatoms. The van der Waals surface area contributed by atoms with Gasteiger partial charge in [0.15, 0.2) is 0 Å². The molecule has 0 spiro atoms. The van der Waals surface area contributed by atoms with Gasteiger partial charge in [-0.15, -0.1) is 0 Å². The summed E-state index contributed by atoms with van der Waals surface area (Å²) in [7, 11) is 0. The van der Waals surface area contributed by atoms with Crippen LogP contribution in [0, 0.1) is 0 Å². The Kier molecular flexibility index (Phi) is 1.61. The summed E-state index contributed by atoms with van der Waals surface area (Å²) in [6.45, 7) is 2.01. The number of halogens is 1. The predicted octanol–water partition coefficient (Wildman–Crippen LogP) is 2.43. The van der Waals surface area contributed by atoms with Crippen LogP contribution in [-0.4, -0.2) is 9.43 Å². The van der Waals surface area contributed by atoms with Crippen LogP contribution in [0.4, 0.5) is 0 Å². The molecule has 1 fully saturated rings. The van der Waals surface area contributed by atoms with Crippen LogP contribution in [0.15, 0.2) is 30.3 Å². The van der Waals surface area contributed by atoms with E-state index >= 15 is 0 Å². The van der Waals surface area contributed by atoms with E-state index in [0.717, 1.165) is 12.0 Å². The van der Waals surface area contributed by atoms with Gasteiger partial charge >= 0.3 is 0 Å². The van der Waals surface area contributed by atoms with Gasteiger partial charge in [-0.3, -0.25) is 0 Å². The lowest BCUT2D eigenvalue weighted by atomic mass is 10.1. The fraction of sp³-hybridized carbons (Fsp3) is 0.400. The van der Waals surface area contributed by atoms with E-state index in [0.29, 0.717) is 0 Å². The van der Waals surface area contributed by atoms with Crippen LogP contribution >= 0.6 is 15.9 Å². The Morgan fingerprint density at radius 2 is 1.83 bits per heavy atom. The summed E-state index contributed by atoms with van der Waals surface area (Å²) in [5, 5.41) is 10.1. The van der Waals surface area contributed by atoms with Gasteiger partial charge < -0.3 is 5.11 Å². The van der Waals surface area contributed by atoms with Gasteiger partial charge in [0.25, 0.3) is 0 Å². The van der Waals surface area contributed by atoms with E-state index in [4.69, 9.17) is 0 Å². The number of rotatable bonds is 1. The molecule has 0 heterocycles. The third-order valence-corrected chi connectivity index (χ3v) is 3.51. The van der Waals surface area contributed by atoms with Crippen LogP contribution in [0.5, 0.6) is 0 Å². The summed E-state index contributed by atoms with van der Waals surface area (Å²) in [6, 6.07) is 9.79. The van der Waals surface area contributed by atoms with E-state index in [1.54, 1.807) is 0 Å². The molecule has 1 saturated carbocycles. The first-order valence-corrected chi connectivity index (χ1v) is 4.82. The molecule has 1 aromatic rings. The second-order valence-corrected chi connectivity index (χ2v) is 5.35. The van der Waals surface area contributed by atoms with Crippen LogP contribution in [0.3, 0.4) is 0 Å². The van der Waals surface area contributed by atoms with E-state index < -0.39 is 5.60 Å². The summed E-state index contributed by atoms with van der Waals surface area (Å²) >= 11 is 3.50. The van der Waals surface area contributed by atoms with Crippen molar-refractivity contribution in [3.8, 4) is 0 Å². The van der Waals surface area contributed by atoms with Crippen LogP contribution in [0.1, 0.15) is 18.9 Å². The molecule has 0 aromatic heterocycles. The number of benzene rings is 1. The van der Waals surface area contributed by atoms with Crippen molar-refractivity contribution in [1.29, 1.82) is 0 Å². The molecule has 1 aromatic carbocycles. The summed E-state index contributed by atoms with van der Waals surface area (Å²) in [5.74, 6) is 0. The fourth-order valence-electron chi connectivity index (χ4n) is 1.55. The average Bonchev–Trinajstić information content (AvgIpc) is 2.55. The number of aliphatic hydroxyl groups is 1. The van der Waals surface area contributed by atoms with Gasteiger partial charge in [-0.1, -0.05) is 46.3 Å². The molecule has 0 saturated heterocycles. The topological polar surface area (TPSA) is 20.2 Å². The summed E-state index contributed by atoms with van der Waals surface area (Å²) in [4.78, 5) is 0. The molecule has 0 bridgehead atoms. The summed E-state index contributed by atoms with van der Waals surface area (Å²) < 4.78 is -0.124. The Bertz CT molecular complexity index is 294. The van der Waals surface area contributed by atoms with E-state index in [2.05, 4.69) is 15.9 Å². The monoisotopic (exact) mass is 226 g/mol. The highest BCUT2D eigenvalue weighted by Crippen LogP contribution is 2.60. The fourth-order valence-corrected chi connectivity index (χ4v) is 2.19. The number of alkyl halides is 1. The maximum absolute atomic E-state index is 10.1. The molecule has 64 valence electrons. The van der Waals surface area contributed by atoms with Crippen LogP contribution in [0.25, 0.3) is 0 Å². The molecular weight excluding hydrogens is 216 g/mol. The van der Waals surface area contributed by atoms with E-state index in [-0.39, 0.29) is 4.32 Å². The molecule has 0 radical (unpaired) electrons. The van der Waals surface area contributed by atoms with Gasteiger partial charge in [-0.25, -0.2) is 0 Å². The second kappa shape index (κ2) is 2.33. The minimum absolute atomic E-state index is 0.124. The highest BCUT2D eigenvalue weighted by atomic mass is 79.9. The zero-order valence-corrected chi connectivity index (χ0v) is 8.51. The van der Waals surface area contributed by atoms with E-state index in [1.807, 2.05) is 37.3 Å². The quantitative estimate of drug-likeness (QED) is 0.730. The van der Waals surface area contributed by atoms with Gasteiger partial charge in [0, 0.05) is 0 Å². The van der Waals surface area contributed by atoms with Gasteiger partial charge in [-0.2, -0.15) is 0 Å². The molecular formula is C10H11BrO. The van der Waals surface area contributed by atoms with Crippen molar-refractivity contribution in [3.63, 3.8) is 0 Å². The van der Waals surface area contributed by atoms with Crippen LogP contribution < -0.4 is 0 Å². The molecule has 2 rings (SSSR count). The first-order valence-electron chi connectivity index (χ1n) is 4.03. The lowest BCUT2D eigenvalue weighted by molar-refractivity contribution is 0.142. The van der Waals surface area contributed by atoms with E-state index in [9.17, 15) is 5.11 Å². The molecule has 1 aliphatic carbocycles. The molecule has 0 amide bonds. The first-order chi connectivity index (χ1) is 5.56. The molecule has 12 heavy (non-hydrogen) atoms. The predicted molar refractivity (Wildman–Crippen MR) is 52.3 cm³/mol. The number of hydrogen-bond acceptors (Lipinski definition) is 1. The highest BCUT2D eigenvalue weighted by Gasteiger charge is 2.63. The minimum Gasteiger partial charge on any atom is -0.384 e. The van der Waals surface area contributed by atoms with Gasteiger partial charge in [0.05, 0.1) is 4.32 Å². The second-order valence-electron chi connectivity index (χ2n) is 3.60. The Labute approximate surface area is 80.5 Å². The Morgan fingerprint density at radius 3 is 2.25 bits per heavy atom. The van der Waals surface area contributed by atoms with Crippen molar-refractivity contribution in [2.45, 2.75) is 23.3 Å². The standard InChI is InChI=1S/C10H11BrO/c1-9(11)7-10(9,12)8-5-3-2-4-6-8/h2-6,12H,7H2,1H3. The maximum atomic E-state index is 10.1. The summed E-state index contributed by atoms with van der Waals surface area (Å²) in [5.41, 5.74) is 0.359. The molecule has 2 unspecified atom stereocenters. The van der Waals surface area contributed by atoms with Crippen molar-refractivity contribution in [2.75, 3.05) is 0 Å². The maximum Gasteiger partial charge on any atom is 0.106 e. The van der Waals surface area contributed by atoms with Crippen molar-refractivity contribution in [2.24, 2.45) is 0 Å². The van der Waals surface area contributed by atoms with Crippen molar-refractivity contribution >= 4 is 15.9 Å². The largest absolute Gasteiger partial charge is 0.384 e. The first kappa shape index (κ1) is 8.27.